The van der Waals surface area contributed by atoms with Crippen molar-refractivity contribution in [3.63, 3.8) is 0 Å². The lowest BCUT2D eigenvalue weighted by Gasteiger charge is -2.46. The molecule has 1 fully saturated rings. The van der Waals surface area contributed by atoms with Crippen LogP contribution >= 0.6 is 0 Å². The molecule has 2 N–H and O–H groups in total. The van der Waals surface area contributed by atoms with Crippen LogP contribution in [0.3, 0.4) is 0 Å². The number of aliphatic hydroxyl groups excluding tert-OH is 1. The number of rotatable bonds is 2. The zero-order valence-corrected chi connectivity index (χ0v) is 16.6. The zero-order chi connectivity index (χ0) is 21.6. The Balaban J connectivity index is 2.68. The molecule has 0 aromatic heterocycles. The lowest BCUT2D eigenvalue weighted by Crippen LogP contribution is -2.63. The number of hydrogen-bond acceptors (Lipinski definition) is 8. The number of ether oxygens (including phenoxy) is 3. The van der Waals surface area contributed by atoms with E-state index in [1.807, 2.05) is 0 Å². The Morgan fingerprint density at radius 2 is 1.82 bits per heavy atom. The summed E-state index contributed by atoms with van der Waals surface area (Å²) in [6.45, 7) is 14.2. The molecule has 8 heteroatoms. The van der Waals surface area contributed by atoms with Gasteiger partial charge in [-0.2, -0.15) is 0 Å². The van der Waals surface area contributed by atoms with E-state index in [0.29, 0.717) is 0 Å². The average molecular weight is 394 g/mol. The predicted molar refractivity (Wildman–Crippen MR) is 97.8 cm³/mol. The minimum Gasteiger partial charge on any atom is -0.455 e. The van der Waals surface area contributed by atoms with Crippen molar-refractivity contribution < 1.29 is 38.8 Å². The van der Waals surface area contributed by atoms with Crippen LogP contribution in [0.2, 0.25) is 0 Å². The van der Waals surface area contributed by atoms with Crippen LogP contribution in [-0.2, 0) is 28.6 Å². The molecule has 0 radical (unpaired) electrons. The van der Waals surface area contributed by atoms with E-state index < -0.39 is 53.3 Å². The monoisotopic (exact) mass is 394 g/mol. The van der Waals surface area contributed by atoms with Crippen LogP contribution in [0.25, 0.3) is 0 Å². The molecule has 0 amide bonds. The molecule has 2 rings (SSSR count). The Kier molecular flexibility index (Phi) is 5.60. The minimum absolute atomic E-state index is 0.0461. The standard InChI is InChI=1S/C20H26O8/c1-9(2)16(22)27-14-13-11(4)18(24)26-12(13)8-10(3)17(23)28-19(5,6)20(7,25)15(14)21/h8,12-15,21,25H,1,4H2,2-3,5-7H3/b10-8-/t12-,13-,14-,15-,20+/m0/s1. The second kappa shape index (κ2) is 7.18. The topological polar surface area (TPSA) is 119 Å². The van der Waals surface area contributed by atoms with Crippen molar-refractivity contribution in [1.82, 2.24) is 0 Å². The molecule has 0 aromatic carbocycles. The molecular weight excluding hydrogens is 368 g/mol. The van der Waals surface area contributed by atoms with Gasteiger partial charge in [0.25, 0.3) is 0 Å². The number of cyclic esters (lactones) is 1. The smallest absolute Gasteiger partial charge is 0.334 e. The first-order valence-electron chi connectivity index (χ1n) is 8.79. The maximum Gasteiger partial charge on any atom is 0.334 e. The highest BCUT2D eigenvalue weighted by atomic mass is 16.6. The van der Waals surface area contributed by atoms with Gasteiger partial charge >= 0.3 is 17.9 Å². The summed E-state index contributed by atoms with van der Waals surface area (Å²) >= 11 is 0. The maximum absolute atomic E-state index is 12.4. The van der Waals surface area contributed by atoms with Crippen molar-refractivity contribution in [2.75, 3.05) is 0 Å². The van der Waals surface area contributed by atoms with Gasteiger partial charge in [-0.05, 0) is 40.7 Å². The van der Waals surface area contributed by atoms with Crippen LogP contribution in [0.4, 0.5) is 0 Å². The van der Waals surface area contributed by atoms with Crippen molar-refractivity contribution in [2.45, 2.75) is 64.1 Å². The highest BCUT2D eigenvalue weighted by molar-refractivity contribution is 5.93. The van der Waals surface area contributed by atoms with E-state index in [-0.39, 0.29) is 16.7 Å². The molecule has 1 saturated heterocycles. The number of carbonyl (C=O) groups excluding carboxylic acids is 3. The molecule has 2 aliphatic rings. The van der Waals surface area contributed by atoms with Gasteiger partial charge in [0.15, 0.2) is 0 Å². The third-order valence-corrected chi connectivity index (χ3v) is 5.40. The van der Waals surface area contributed by atoms with E-state index in [9.17, 15) is 24.6 Å². The third kappa shape index (κ3) is 3.62. The second-order valence-electron chi connectivity index (χ2n) is 7.91. The summed E-state index contributed by atoms with van der Waals surface area (Å²) in [7, 11) is 0. The number of hydrogen-bond donors (Lipinski definition) is 2. The highest BCUT2D eigenvalue weighted by Gasteiger charge is 2.57. The number of esters is 3. The lowest BCUT2D eigenvalue weighted by atomic mass is 9.75. The summed E-state index contributed by atoms with van der Waals surface area (Å²) < 4.78 is 16.0. The molecule has 0 aromatic rings. The molecule has 5 atom stereocenters. The molecule has 0 unspecified atom stereocenters. The van der Waals surface area contributed by atoms with Crippen molar-refractivity contribution in [1.29, 1.82) is 0 Å². The lowest BCUT2D eigenvalue weighted by molar-refractivity contribution is -0.228. The normalized spacial score (nSPS) is 37.1. The number of aliphatic hydroxyl groups is 2. The minimum atomic E-state index is -2.06. The first kappa shape index (κ1) is 21.8. The molecule has 0 spiro atoms. The van der Waals surface area contributed by atoms with Gasteiger partial charge in [-0.15, -0.1) is 0 Å². The first-order valence-corrected chi connectivity index (χ1v) is 8.79. The van der Waals surface area contributed by atoms with Gasteiger partial charge in [-0.25, -0.2) is 14.4 Å². The molecule has 2 aliphatic heterocycles. The fourth-order valence-corrected chi connectivity index (χ4v) is 3.09. The predicted octanol–water partition coefficient (Wildman–Crippen LogP) is 0.966. The van der Waals surface area contributed by atoms with Gasteiger partial charge in [0.05, 0.1) is 5.92 Å². The van der Waals surface area contributed by atoms with E-state index in [1.54, 1.807) is 0 Å². The van der Waals surface area contributed by atoms with Crippen LogP contribution in [0.1, 0.15) is 34.6 Å². The number of carbonyl (C=O) groups is 3. The third-order valence-electron chi connectivity index (χ3n) is 5.40. The van der Waals surface area contributed by atoms with E-state index in [1.165, 1.54) is 40.7 Å². The van der Waals surface area contributed by atoms with Gasteiger partial charge in [-0.1, -0.05) is 13.2 Å². The summed E-state index contributed by atoms with van der Waals surface area (Å²) in [5.41, 5.74) is -3.48. The molecular formula is C20H26O8. The van der Waals surface area contributed by atoms with Crippen LogP contribution in [0.5, 0.6) is 0 Å². The van der Waals surface area contributed by atoms with Gasteiger partial charge in [0.2, 0.25) is 0 Å². The van der Waals surface area contributed by atoms with Crippen LogP contribution in [-0.4, -0.2) is 57.6 Å². The van der Waals surface area contributed by atoms with Crippen LogP contribution in [0, 0.1) is 5.92 Å². The Labute approximate surface area is 163 Å². The molecule has 2 heterocycles. The molecule has 0 aliphatic carbocycles. The zero-order valence-electron chi connectivity index (χ0n) is 16.6. The second-order valence-corrected chi connectivity index (χ2v) is 7.91. The van der Waals surface area contributed by atoms with Gasteiger partial charge in [0, 0.05) is 16.7 Å². The summed E-state index contributed by atoms with van der Waals surface area (Å²) in [5.74, 6) is -3.34. The van der Waals surface area contributed by atoms with Crippen molar-refractivity contribution in [2.24, 2.45) is 5.92 Å². The molecule has 8 nitrogen and oxygen atoms in total. The van der Waals surface area contributed by atoms with Gasteiger partial charge in [-0.3, -0.25) is 0 Å². The largest absolute Gasteiger partial charge is 0.455 e. The molecule has 154 valence electrons. The molecule has 0 saturated carbocycles. The van der Waals surface area contributed by atoms with Crippen molar-refractivity contribution >= 4 is 17.9 Å². The summed E-state index contributed by atoms with van der Waals surface area (Å²) in [4.78, 5) is 36.7. The van der Waals surface area contributed by atoms with Crippen LogP contribution in [0.15, 0.2) is 36.0 Å². The Bertz CT molecular complexity index is 773. The summed E-state index contributed by atoms with van der Waals surface area (Å²) in [6, 6.07) is 0. The first-order chi connectivity index (χ1) is 12.7. The quantitative estimate of drug-likeness (QED) is 0.404. The summed E-state index contributed by atoms with van der Waals surface area (Å²) in [6.07, 6.45) is -2.84. The highest BCUT2D eigenvalue weighted by Crippen LogP contribution is 2.40. The Morgan fingerprint density at radius 1 is 1.25 bits per heavy atom. The van der Waals surface area contributed by atoms with Crippen molar-refractivity contribution in [3.05, 3.63) is 36.0 Å². The van der Waals surface area contributed by atoms with Crippen molar-refractivity contribution in [3.8, 4) is 0 Å². The fourth-order valence-electron chi connectivity index (χ4n) is 3.09. The van der Waals surface area contributed by atoms with E-state index in [4.69, 9.17) is 14.2 Å². The Morgan fingerprint density at radius 3 is 2.36 bits per heavy atom. The van der Waals surface area contributed by atoms with Crippen LogP contribution < -0.4 is 0 Å². The van der Waals surface area contributed by atoms with E-state index >= 15 is 0 Å². The maximum atomic E-state index is 12.4. The SMILES string of the molecule is C=C(C)C(=O)O[C@H]1[C@H]2C(=C)C(=O)O[C@H]2/C=C(/C)C(=O)OC(C)(C)[C@](C)(O)[C@H]1O. The molecule has 28 heavy (non-hydrogen) atoms. The molecule has 0 bridgehead atoms. The van der Waals surface area contributed by atoms with E-state index in [2.05, 4.69) is 13.2 Å². The number of fused-ring (bicyclic) bond motifs is 1. The van der Waals surface area contributed by atoms with Gasteiger partial charge in [0.1, 0.15) is 29.5 Å². The van der Waals surface area contributed by atoms with E-state index in [0.717, 1.165) is 0 Å². The summed E-state index contributed by atoms with van der Waals surface area (Å²) in [5, 5.41) is 22.1. The van der Waals surface area contributed by atoms with Gasteiger partial charge < -0.3 is 24.4 Å². The Hall–Kier alpha value is -2.45. The average Bonchev–Trinajstić information content (AvgIpc) is 2.84. The fraction of sp³-hybridized carbons (Fsp3) is 0.550.